The maximum absolute atomic E-state index is 12.5. The number of amides is 1. The fraction of sp³-hybridized carbons (Fsp3) is 0.533. The molecule has 1 aromatic carbocycles. The Bertz CT molecular complexity index is 488. The quantitative estimate of drug-likeness (QED) is 0.876. The summed E-state index contributed by atoms with van der Waals surface area (Å²) in [6.45, 7) is 0.395. The van der Waals surface area contributed by atoms with E-state index in [1.54, 1.807) is 32.4 Å². The van der Waals surface area contributed by atoms with E-state index in [1.807, 2.05) is 0 Å². The number of carbonyl (C=O) groups excluding carboxylic acids is 1. The van der Waals surface area contributed by atoms with Crippen molar-refractivity contribution < 1.29 is 14.3 Å². The van der Waals surface area contributed by atoms with Crippen molar-refractivity contribution in [2.45, 2.75) is 25.7 Å². The average molecular weight is 315 g/mol. The molecule has 0 bridgehead atoms. The lowest BCUT2D eigenvalue weighted by atomic mass is 9.85. The van der Waals surface area contributed by atoms with E-state index in [2.05, 4.69) is 5.32 Å². The summed E-state index contributed by atoms with van der Waals surface area (Å²) in [4.78, 5) is 12.5. The maximum Gasteiger partial charge on any atom is 0.231 e. The highest BCUT2D eigenvalue weighted by molar-refractivity contribution is 5.96. The van der Waals surface area contributed by atoms with Gasteiger partial charge in [-0.15, -0.1) is 12.4 Å². The molecule has 0 atom stereocenters. The van der Waals surface area contributed by atoms with Crippen molar-refractivity contribution in [3.63, 3.8) is 0 Å². The van der Waals surface area contributed by atoms with Gasteiger partial charge >= 0.3 is 0 Å². The number of halogens is 1. The summed E-state index contributed by atoms with van der Waals surface area (Å²) in [5, 5.41) is 2.95. The molecule has 0 aliphatic heterocycles. The van der Waals surface area contributed by atoms with Crippen LogP contribution in [0.5, 0.6) is 11.5 Å². The zero-order valence-corrected chi connectivity index (χ0v) is 13.3. The first-order valence-electron chi connectivity index (χ1n) is 6.89. The van der Waals surface area contributed by atoms with Crippen molar-refractivity contribution in [1.29, 1.82) is 0 Å². The minimum atomic E-state index is -0.410. The molecule has 1 aromatic rings. The number of anilines is 1. The van der Waals surface area contributed by atoms with Gasteiger partial charge in [-0.2, -0.15) is 0 Å². The van der Waals surface area contributed by atoms with Crippen molar-refractivity contribution >= 4 is 24.0 Å². The standard InChI is InChI=1S/C15H22N2O3.ClH/c1-19-12-6-5-11(9-13(12)20-2)17-14(18)15(10-16)7-3-4-8-15;/h5-6,9H,3-4,7-8,10,16H2,1-2H3,(H,17,18);1H. The molecule has 0 heterocycles. The minimum Gasteiger partial charge on any atom is -0.493 e. The normalized spacial score (nSPS) is 16.0. The SMILES string of the molecule is COc1ccc(NC(=O)C2(CN)CCCC2)cc1OC.Cl. The summed E-state index contributed by atoms with van der Waals surface area (Å²) in [5.41, 5.74) is 6.11. The molecule has 2 rings (SSSR count). The molecule has 5 nitrogen and oxygen atoms in total. The Hall–Kier alpha value is -1.46. The van der Waals surface area contributed by atoms with E-state index in [1.165, 1.54) is 0 Å². The zero-order valence-electron chi connectivity index (χ0n) is 12.5. The molecular weight excluding hydrogens is 292 g/mol. The fourth-order valence-electron chi connectivity index (χ4n) is 2.75. The van der Waals surface area contributed by atoms with E-state index in [9.17, 15) is 4.79 Å². The van der Waals surface area contributed by atoms with Gasteiger partial charge in [0.15, 0.2) is 11.5 Å². The van der Waals surface area contributed by atoms with Crippen LogP contribution in [0.1, 0.15) is 25.7 Å². The number of ether oxygens (including phenoxy) is 2. The molecule has 1 aliphatic rings. The third-order valence-corrected chi connectivity index (χ3v) is 4.07. The first-order valence-corrected chi connectivity index (χ1v) is 6.89. The van der Waals surface area contributed by atoms with Crippen molar-refractivity contribution in [2.24, 2.45) is 11.1 Å². The highest BCUT2D eigenvalue weighted by Crippen LogP contribution is 2.38. The predicted octanol–water partition coefficient (Wildman–Crippen LogP) is 2.58. The fourth-order valence-corrected chi connectivity index (χ4v) is 2.75. The summed E-state index contributed by atoms with van der Waals surface area (Å²) in [5.74, 6) is 1.24. The minimum absolute atomic E-state index is 0. The summed E-state index contributed by atoms with van der Waals surface area (Å²) >= 11 is 0. The summed E-state index contributed by atoms with van der Waals surface area (Å²) in [7, 11) is 3.15. The Kier molecular flexibility index (Phi) is 6.30. The molecule has 3 N–H and O–H groups in total. The van der Waals surface area contributed by atoms with Crippen LogP contribution in [0.3, 0.4) is 0 Å². The van der Waals surface area contributed by atoms with E-state index in [4.69, 9.17) is 15.2 Å². The van der Waals surface area contributed by atoms with Crippen molar-refractivity contribution in [1.82, 2.24) is 0 Å². The van der Waals surface area contributed by atoms with Crippen LogP contribution in [0.4, 0.5) is 5.69 Å². The molecule has 0 spiro atoms. The van der Waals surface area contributed by atoms with Gasteiger partial charge in [0, 0.05) is 18.3 Å². The number of nitrogens with one attached hydrogen (secondary N) is 1. The third kappa shape index (κ3) is 3.60. The van der Waals surface area contributed by atoms with Gasteiger partial charge in [-0.05, 0) is 25.0 Å². The lowest BCUT2D eigenvalue weighted by Crippen LogP contribution is -2.40. The summed E-state index contributed by atoms with van der Waals surface area (Å²) in [6.07, 6.45) is 3.86. The third-order valence-electron chi connectivity index (χ3n) is 4.07. The van der Waals surface area contributed by atoms with E-state index < -0.39 is 5.41 Å². The Morgan fingerprint density at radius 3 is 2.38 bits per heavy atom. The highest BCUT2D eigenvalue weighted by atomic mass is 35.5. The lowest BCUT2D eigenvalue weighted by Gasteiger charge is -2.25. The number of hydrogen-bond acceptors (Lipinski definition) is 4. The van der Waals surface area contributed by atoms with Crippen molar-refractivity contribution in [3.05, 3.63) is 18.2 Å². The van der Waals surface area contributed by atoms with Gasteiger partial charge < -0.3 is 20.5 Å². The smallest absolute Gasteiger partial charge is 0.231 e. The molecule has 118 valence electrons. The molecule has 1 saturated carbocycles. The second kappa shape index (κ2) is 7.52. The Balaban J connectivity index is 0.00000220. The van der Waals surface area contributed by atoms with Gasteiger partial charge in [-0.1, -0.05) is 12.8 Å². The monoisotopic (exact) mass is 314 g/mol. The van der Waals surface area contributed by atoms with Gasteiger partial charge in [0.1, 0.15) is 0 Å². The van der Waals surface area contributed by atoms with Crippen molar-refractivity contribution in [3.8, 4) is 11.5 Å². The number of nitrogens with two attached hydrogens (primary N) is 1. The molecule has 6 heteroatoms. The second-order valence-electron chi connectivity index (χ2n) is 5.22. The average Bonchev–Trinajstić information content (AvgIpc) is 2.97. The van der Waals surface area contributed by atoms with Gasteiger partial charge in [-0.3, -0.25) is 4.79 Å². The Morgan fingerprint density at radius 2 is 1.86 bits per heavy atom. The molecule has 1 aliphatic carbocycles. The van der Waals surface area contributed by atoms with Gasteiger partial charge in [0.25, 0.3) is 0 Å². The molecular formula is C15H23ClN2O3. The van der Waals surface area contributed by atoms with Crippen LogP contribution in [-0.2, 0) is 4.79 Å². The molecule has 21 heavy (non-hydrogen) atoms. The summed E-state index contributed by atoms with van der Waals surface area (Å²) in [6, 6.07) is 5.34. The van der Waals surface area contributed by atoms with E-state index in [0.717, 1.165) is 25.7 Å². The molecule has 1 amide bonds. The van der Waals surface area contributed by atoms with E-state index in [-0.39, 0.29) is 18.3 Å². The lowest BCUT2D eigenvalue weighted by molar-refractivity contribution is -0.124. The predicted molar refractivity (Wildman–Crippen MR) is 85.4 cm³/mol. The topological polar surface area (TPSA) is 73.6 Å². The Labute approximate surface area is 131 Å². The summed E-state index contributed by atoms with van der Waals surface area (Å²) < 4.78 is 10.4. The Morgan fingerprint density at radius 1 is 1.24 bits per heavy atom. The van der Waals surface area contributed by atoms with E-state index >= 15 is 0 Å². The first kappa shape index (κ1) is 17.6. The zero-order chi connectivity index (χ0) is 14.6. The van der Waals surface area contributed by atoms with Crippen LogP contribution in [0.2, 0.25) is 0 Å². The van der Waals surface area contributed by atoms with Crippen molar-refractivity contribution in [2.75, 3.05) is 26.1 Å². The number of benzene rings is 1. The van der Waals surface area contributed by atoms with Crippen LogP contribution >= 0.6 is 12.4 Å². The molecule has 0 unspecified atom stereocenters. The highest BCUT2D eigenvalue weighted by Gasteiger charge is 2.39. The molecule has 0 aromatic heterocycles. The number of carbonyl (C=O) groups is 1. The van der Waals surface area contributed by atoms with E-state index in [0.29, 0.717) is 23.7 Å². The molecule has 0 radical (unpaired) electrons. The second-order valence-corrected chi connectivity index (χ2v) is 5.22. The number of methoxy groups -OCH3 is 2. The first-order chi connectivity index (χ1) is 9.65. The van der Waals surface area contributed by atoms with Crippen LogP contribution in [0, 0.1) is 5.41 Å². The number of hydrogen-bond donors (Lipinski definition) is 2. The van der Waals surface area contributed by atoms with Crippen LogP contribution < -0.4 is 20.5 Å². The van der Waals surface area contributed by atoms with Gasteiger partial charge in [0.05, 0.1) is 19.6 Å². The maximum atomic E-state index is 12.5. The number of rotatable bonds is 5. The van der Waals surface area contributed by atoms with Crippen LogP contribution in [0.25, 0.3) is 0 Å². The van der Waals surface area contributed by atoms with Gasteiger partial charge in [-0.25, -0.2) is 0 Å². The van der Waals surface area contributed by atoms with Crippen LogP contribution in [0.15, 0.2) is 18.2 Å². The van der Waals surface area contributed by atoms with Gasteiger partial charge in [0.2, 0.25) is 5.91 Å². The van der Waals surface area contributed by atoms with Crippen LogP contribution in [-0.4, -0.2) is 26.7 Å². The largest absolute Gasteiger partial charge is 0.493 e. The molecule has 1 fully saturated rings. The molecule has 0 saturated heterocycles.